The van der Waals surface area contributed by atoms with Crippen LogP contribution >= 0.6 is 11.6 Å². The van der Waals surface area contributed by atoms with Gasteiger partial charge in [0.25, 0.3) is 0 Å². The fraction of sp³-hybridized carbons (Fsp3) is 0.429. The van der Waals surface area contributed by atoms with Gasteiger partial charge in [0, 0.05) is 11.6 Å². The lowest BCUT2D eigenvalue weighted by atomic mass is 10.0. The molecule has 0 unspecified atom stereocenters. The molecule has 1 fully saturated rings. The number of hydrogen-bond acceptors (Lipinski definition) is 2. The van der Waals surface area contributed by atoms with Gasteiger partial charge in [-0.1, -0.05) is 17.7 Å². The molecule has 0 saturated carbocycles. The second-order valence-corrected chi connectivity index (χ2v) is 5.26. The Morgan fingerprint density at radius 1 is 1.40 bits per heavy atom. The molecule has 1 aromatic rings. The van der Waals surface area contributed by atoms with Gasteiger partial charge in [-0.2, -0.15) is 0 Å². The number of carboxylic acids is 1. The number of amides is 1. The topological polar surface area (TPSA) is 57.6 Å². The third-order valence-corrected chi connectivity index (χ3v) is 3.82. The van der Waals surface area contributed by atoms with Crippen molar-refractivity contribution in [2.24, 2.45) is 0 Å². The number of halogens is 2. The van der Waals surface area contributed by atoms with E-state index < -0.39 is 17.8 Å². The van der Waals surface area contributed by atoms with Crippen LogP contribution in [0.15, 0.2) is 18.2 Å². The molecule has 0 aliphatic carbocycles. The quantitative estimate of drug-likeness (QED) is 0.933. The molecule has 0 spiro atoms. The zero-order chi connectivity index (χ0) is 14.7. The van der Waals surface area contributed by atoms with Crippen LogP contribution in [0.25, 0.3) is 0 Å². The van der Waals surface area contributed by atoms with Crippen molar-refractivity contribution in [2.45, 2.75) is 31.7 Å². The Bertz CT molecular complexity index is 535. The molecule has 0 radical (unpaired) electrons. The molecule has 108 valence electrons. The highest BCUT2D eigenvalue weighted by Crippen LogP contribution is 2.22. The van der Waals surface area contributed by atoms with Gasteiger partial charge in [0.15, 0.2) is 0 Å². The van der Waals surface area contributed by atoms with Crippen LogP contribution < -0.4 is 0 Å². The second-order valence-electron chi connectivity index (χ2n) is 4.85. The molecule has 1 aliphatic rings. The van der Waals surface area contributed by atoms with Crippen LogP contribution in [-0.4, -0.2) is 34.5 Å². The van der Waals surface area contributed by atoms with Crippen LogP contribution in [0.1, 0.15) is 24.8 Å². The van der Waals surface area contributed by atoms with Crippen LogP contribution in [-0.2, 0) is 16.0 Å². The highest BCUT2D eigenvalue weighted by Gasteiger charge is 2.31. The first-order chi connectivity index (χ1) is 9.49. The first kappa shape index (κ1) is 14.8. The lowest BCUT2D eigenvalue weighted by Gasteiger charge is -2.33. The maximum atomic E-state index is 12.9. The van der Waals surface area contributed by atoms with Gasteiger partial charge in [-0.3, -0.25) is 4.79 Å². The third kappa shape index (κ3) is 3.28. The molecule has 20 heavy (non-hydrogen) atoms. The van der Waals surface area contributed by atoms with Gasteiger partial charge < -0.3 is 10.0 Å². The van der Waals surface area contributed by atoms with Gasteiger partial charge in [-0.25, -0.2) is 9.18 Å². The number of hydrogen-bond donors (Lipinski definition) is 1. The molecular formula is C14H15ClFNO3. The number of carboxylic acid groups (broad SMARTS) is 1. The second kappa shape index (κ2) is 6.22. The van der Waals surface area contributed by atoms with E-state index in [4.69, 9.17) is 16.7 Å². The summed E-state index contributed by atoms with van der Waals surface area (Å²) in [6.07, 6.45) is 2.06. The monoisotopic (exact) mass is 299 g/mol. The SMILES string of the molecule is O=C(O)[C@H]1CCCCN1C(=O)Cc1ccc(F)cc1Cl. The van der Waals surface area contributed by atoms with E-state index in [0.717, 1.165) is 18.9 Å². The van der Waals surface area contributed by atoms with Gasteiger partial charge in [0.1, 0.15) is 11.9 Å². The molecule has 1 aromatic carbocycles. The van der Waals surface area contributed by atoms with Crippen LogP contribution in [0.5, 0.6) is 0 Å². The summed E-state index contributed by atoms with van der Waals surface area (Å²) in [7, 11) is 0. The number of rotatable bonds is 3. The molecule has 0 bridgehead atoms. The summed E-state index contributed by atoms with van der Waals surface area (Å²) in [5.41, 5.74) is 0.507. The Morgan fingerprint density at radius 3 is 2.80 bits per heavy atom. The summed E-state index contributed by atoms with van der Waals surface area (Å²) in [5, 5.41) is 9.33. The van der Waals surface area contributed by atoms with E-state index >= 15 is 0 Å². The van der Waals surface area contributed by atoms with Crippen molar-refractivity contribution in [3.05, 3.63) is 34.6 Å². The number of likely N-dealkylation sites (tertiary alicyclic amines) is 1. The van der Waals surface area contributed by atoms with Crippen molar-refractivity contribution in [2.75, 3.05) is 6.54 Å². The summed E-state index contributed by atoms with van der Waals surface area (Å²) in [6.45, 7) is 0.439. The summed E-state index contributed by atoms with van der Waals surface area (Å²) in [4.78, 5) is 24.8. The van der Waals surface area contributed by atoms with Crippen molar-refractivity contribution in [3.63, 3.8) is 0 Å². The van der Waals surface area contributed by atoms with E-state index in [1.807, 2.05) is 0 Å². The van der Waals surface area contributed by atoms with Crippen molar-refractivity contribution in [1.29, 1.82) is 0 Å². The molecule has 4 nitrogen and oxygen atoms in total. The van der Waals surface area contributed by atoms with Crippen LogP contribution in [0.2, 0.25) is 5.02 Å². The first-order valence-electron chi connectivity index (χ1n) is 6.45. The number of piperidine rings is 1. The zero-order valence-electron chi connectivity index (χ0n) is 10.8. The summed E-state index contributed by atoms with van der Waals surface area (Å²) in [5.74, 6) is -1.73. The lowest BCUT2D eigenvalue weighted by Crippen LogP contribution is -2.48. The number of nitrogens with zero attached hydrogens (tertiary/aromatic N) is 1. The van der Waals surface area contributed by atoms with E-state index in [9.17, 15) is 14.0 Å². The lowest BCUT2D eigenvalue weighted by molar-refractivity contribution is -0.151. The Morgan fingerprint density at radius 2 is 2.15 bits per heavy atom. The van der Waals surface area contributed by atoms with Gasteiger partial charge >= 0.3 is 5.97 Å². The molecule has 1 saturated heterocycles. The molecule has 6 heteroatoms. The van der Waals surface area contributed by atoms with E-state index in [-0.39, 0.29) is 17.4 Å². The summed E-state index contributed by atoms with van der Waals surface area (Å²) >= 11 is 5.88. The maximum absolute atomic E-state index is 12.9. The van der Waals surface area contributed by atoms with Crippen LogP contribution in [0.3, 0.4) is 0 Å². The van der Waals surface area contributed by atoms with Crippen molar-refractivity contribution in [1.82, 2.24) is 4.90 Å². The fourth-order valence-electron chi connectivity index (χ4n) is 2.42. The molecule has 0 aromatic heterocycles. The van der Waals surface area contributed by atoms with Crippen molar-refractivity contribution >= 4 is 23.5 Å². The standard InChI is InChI=1S/C14H15ClFNO3/c15-11-8-10(16)5-4-9(11)7-13(18)17-6-2-1-3-12(17)14(19)20/h4-5,8,12H,1-3,6-7H2,(H,19,20)/t12-/m1/s1. The average molecular weight is 300 g/mol. The molecule has 1 aliphatic heterocycles. The predicted octanol–water partition coefficient (Wildman–Crippen LogP) is 2.49. The Kier molecular flexibility index (Phi) is 4.60. The van der Waals surface area contributed by atoms with E-state index in [2.05, 4.69) is 0 Å². The third-order valence-electron chi connectivity index (χ3n) is 3.46. The predicted molar refractivity (Wildman–Crippen MR) is 72.1 cm³/mol. The largest absolute Gasteiger partial charge is 0.480 e. The van der Waals surface area contributed by atoms with E-state index in [0.29, 0.717) is 18.5 Å². The average Bonchev–Trinajstić information content (AvgIpc) is 2.41. The molecule has 1 atom stereocenters. The number of carbonyl (C=O) groups is 2. The molecule has 1 N–H and O–H groups in total. The molecule has 1 amide bonds. The zero-order valence-corrected chi connectivity index (χ0v) is 11.6. The smallest absolute Gasteiger partial charge is 0.326 e. The summed E-state index contributed by atoms with van der Waals surface area (Å²) < 4.78 is 12.9. The number of carbonyl (C=O) groups excluding carboxylic acids is 1. The highest BCUT2D eigenvalue weighted by atomic mass is 35.5. The number of benzene rings is 1. The molecule has 2 rings (SSSR count). The molecule has 1 heterocycles. The van der Waals surface area contributed by atoms with Crippen molar-refractivity contribution in [3.8, 4) is 0 Å². The normalized spacial score (nSPS) is 18.9. The van der Waals surface area contributed by atoms with Crippen LogP contribution in [0, 0.1) is 5.82 Å². The summed E-state index contributed by atoms with van der Waals surface area (Å²) in [6, 6.07) is 3.07. The Labute approximate surface area is 121 Å². The van der Waals surface area contributed by atoms with Gasteiger partial charge in [0.05, 0.1) is 6.42 Å². The minimum Gasteiger partial charge on any atom is -0.480 e. The minimum atomic E-state index is -0.983. The fourth-order valence-corrected chi connectivity index (χ4v) is 2.65. The van der Waals surface area contributed by atoms with Gasteiger partial charge in [-0.15, -0.1) is 0 Å². The first-order valence-corrected chi connectivity index (χ1v) is 6.83. The van der Waals surface area contributed by atoms with E-state index in [1.54, 1.807) is 0 Å². The van der Waals surface area contributed by atoms with Crippen molar-refractivity contribution < 1.29 is 19.1 Å². The Hall–Kier alpha value is -1.62. The Balaban J connectivity index is 2.12. The van der Waals surface area contributed by atoms with E-state index in [1.165, 1.54) is 17.0 Å². The minimum absolute atomic E-state index is 0.0110. The van der Waals surface area contributed by atoms with Gasteiger partial charge in [0.2, 0.25) is 5.91 Å². The number of aliphatic carboxylic acids is 1. The van der Waals surface area contributed by atoms with Crippen LogP contribution in [0.4, 0.5) is 4.39 Å². The van der Waals surface area contributed by atoms with Gasteiger partial charge in [-0.05, 0) is 37.0 Å². The maximum Gasteiger partial charge on any atom is 0.326 e. The molecular weight excluding hydrogens is 285 g/mol. The highest BCUT2D eigenvalue weighted by molar-refractivity contribution is 6.31.